The van der Waals surface area contributed by atoms with Crippen LogP contribution in [0.4, 0.5) is 0 Å². The lowest BCUT2D eigenvalue weighted by Crippen LogP contribution is -2.06. The number of fused-ring (bicyclic) bond motifs is 4. The molecule has 0 bridgehead atoms. The van der Waals surface area contributed by atoms with E-state index in [1.54, 1.807) is 0 Å². The minimum Gasteiger partial charge on any atom is -0.437 e. The number of hydrogen-bond donors (Lipinski definition) is 0. The van der Waals surface area contributed by atoms with Gasteiger partial charge in [0.1, 0.15) is 11.4 Å². The third-order valence-corrected chi connectivity index (χ3v) is 6.21. The van der Waals surface area contributed by atoms with Crippen molar-refractivity contribution in [1.29, 1.82) is 0 Å². The molecule has 164 valence electrons. The van der Waals surface area contributed by atoms with Crippen LogP contribution < -0.4 is 0 Å². The lowest BCUT2D eigenvalue weighted by molar-refractivity contribution is 0.616. The number of imidazole rings is 1. The van der Waals surface area contributed by atoms with Crippen LogP contribution in [-0.4, -0.2) is 19.5 Å². The van der Waals surface area contributed by atoms with Crippen LogP contribution in [0.2, 0.25) is 0 Å². The van der Waals surface area contributed by atoms with Crippen LogP contribution >= 0.6 is 0 Å². The van der Waals surface area contributed by atoms with Crippen molar-refractivity contribution in [3.8, 4) is 11.4 Å². The van der Waals surface area contributed by atoms with E-state index in [0.717, 1.165) is 50.2 Å². The van der Waals surface area contributed by atoms with Crippen molar-refractivity contribution in [1.82, 2.24) is 19.5 Å². The summed E-state index contributed by atoms with van der Waals surface area (Å²) in [5.41, 5.74) is 7.92. The van der Waals surface area contributed by atoms with Gasteiger partial charge < -0.3 is 8.98 Å². The van der Waals surface area contributed by atoms with Crippen molar-refractivity contribution in [3.05, 3.63) is 53.5 Å². The fraction of sp³-hybridized carbons (Fsp3) is 0.370. The van der Waals surface area contributed by atoms with E-state index in [1.807, 2.05) is 19.2 Å². The zero-order chi connectivity index (χ0) is 22.7. The number of hydrogen-bond acceptors (Lipinski definition) is 4. The molecule has 5 nitrogen and oxygen atoms in total. The zero-order valence-electron chi connectivity index (χ0n) is 19.9. The van der Waals surface area contributed by atoms with E-state index < -0.39 is 0 Å². The molecule has 4 aromatic heterocycles. The smallest absolute Gasteiger partial charge is 0.227 e. The van der Waals surface area contributed by atoms with E-state index in [9.17, 15) is 0 Å². The molecule has 0 amide bonds. The Morgan fingerprint density at radius 3 is 2.34 bits per heavy atom. The Morgan fingerprint density at radius 1 is 0.875 bits per heavy atom. The predicted octanol–water partition coefficient (Wildman–Crippen LogP) is 7.53. The Bertz CT molecular complexity index is 1470. The summed E-state index contributed by atoms with van der Waals surface area (Å²) in [6, 6.07) is 10.8. The molecular weight excluding hydrogens is 396 g/mol. The van der Waals surface area contributed by atoms with Gasteiger partial charge in [0.05, 0.1) is 22.3 Å². The van der Waals surface area contributed by atoms with Crippen LogP contribution in [0.25, 0.3) is 44.5 Å². The Balaban J connectivity index is 1.92. The average molecular weight is 427 g/mol. The second-order valence-electron chi connectivity index (χ2n) is 9.59. The lowest BCUT2D eigenvalue weighted by atomic mass is 9.95. The average Bonchev–Trinajstić information content (AvgIpc) is 3.30. The third kappa shape index (κ3) is 3.02. The third-order valence-electron chi connectivity index (χ3n) is 6.21. The number of aromatic nitrogens is 4. The number of rotatable bonds is 4. The molecule has 0 aliphatic rings. The molecule has 0 saturated heterocycles. The highest BCUT2D eigenvalue weighted by atomic mass is 16.3. The molecule has 4 heterocycles. The van der Waals surface area contributed by atoms with Gasteiger partial charge in [0.15, 0.2) is 0 Å². The van der Waals surface area contributed by atoms with Crippen LogP contribution in [-0.2, 0) is 0 Å². The second-order valence-corrected chi connectivity index (χ2v) is 9.59. The maximum Gasteiger partial charge on any atom is 0.227 e. The van der Waals surface area contributed by atoms with E-state index in [2.05, 4.69) is 75.4 Å². The zero-order valence-corrected chi connectivity index (χ0v) is 19.9. The van der Waals surface area contributed by atoms with E-state index >= 15 is 0 Å². The first-order chi connectivity index (χ1) is 15.3. The monoisotopic (exact) mass is 426 g/mol. The molecule has 0 aliphatic carbocycles. The van der Waals surface area contributed by atoms with Gasteiger partial charge in [-0.2, -0.15) is 0 Å². The fourth-order valence-corrected chi connectivity index (χ4v) is 4.72. The Labute approximate surface area is 188 Å². The van der Waals surface area contributed by atoms with Crippen LogP contribution in [0.5, 0.6) is 0 Å². The number of pyridine rings is 2. The highest BCUT2D eigenvalue weighted by Gasteiger charge is 2.24. The second kappa shape index (κ2) is 7.44. The van der Waals surface area contributed by atoms with Gasteiger partial charge in [0, 0.05) is 28.7 Å². The molecule has 0 spiro atoms. The largest absolute Gasteiger partial charge is 0.437 e. The molecular formula is C27H30N4O. The molecule has 0 radical (unpaired) electrons. The highest BCUT2D eigenvalue weighted by Crippen LogP contribution is 2.41. The lowest BCUT2D eigenvalue weighted by Gasteiger charge is -2.17. The molecule has 32 heavy (non-hydrogen) atoms. The molecule has 0 N–H and O–H groups in total. The minimum atomic E-state index is 0.223. The molecule has 0 saturated carbocycles. The van der Waals surface area contributed by atoms with Crippen molar-refractivity contribution in [2.24, 2.45) is 0 Å². The summed E-state index contributed by atoms with van der Waals surface area (Å²) < 4.78 is 8.75. The molecule has 5 heteroatoms. The predicted molar refractivity (Wildman–Crippen MR) is 131 cm³/mol. The van der Waals surface area contributed by atoms with Gasteiger partial charge in [0.25, 0.3) is 0 Å². The molecule has 5 aromatic rings. The molecule has 0 unspecified atom stereocenters. The van der Waals surface area contributed by atoms with Crippen molar-refractivity contribution >= 4 is 33.1 Å². The number of nitrogens with zero attached hydrogens (tertiary/aromatic N) is 4. The number of aryl methyl sites for hydroxylation is 1. The summed E-state index contributed by atoms with van der Waals surface area (Å²) in [7, 11) is 0. The summed E-state index contributed by atoms with van der Waals surface area (Å²) in [6.07, 6.45) is 1.87. The van der Waals surface area contributed by atoms with Gasteiger partial charge in [-0.3, -0.25) is 4.98 Å². The quantitative estimate of drug-likeness (QED) is 0.298. The van der Waals surface area contributed by atoms with Crippen LogP contribution in [0, 0.1) is 6.92 Å². The van der Waals surface area contributed by atoms with Gasteiger partial charge in [-0.25, -0.2) is 9.97 Å². The van der Waals surface area contributed by atoms with Gasteiger partial charge in [-0.1, -0.05) is 33.8 Å². The number of benzene rings is 1. The standard InChI is InChI=1S/C27H30N4O/c1-14(2)18-10-11-20(25-22(18)19-9-8-17(7)29-27(19)32-25)26-30-21-12-13-28-23(15(3)4)24(21)31(26)16(5)6/h8-16H,1-7H3. The summed E-state index contributed by atoms with van der Waals surface area (Å²) in [5, 5.41) is 2.21. The van der Waals surface area contributed by atoms with E-state index in [-0.39, 0.29) is 6.04 Å². The molecule has 5 rings (SSSR count). The Kier molecular flexibility index (Phi) is 4.81. The summed E-state index contributed by atoms with van der Waals surface area (Å²) in [4.78, 5) is 14.5. The Morgan fingerprint density at radius 2 is 1.66 bits per heavy atom. The minimum absolute atomic E-state index is 0.223. The SMILES string of the molecule is Cc1ccc2c(n1)oc1c(-c3nc4ccnc(C(C)C)c4n3C(C)C)ccc(C(C)C)c12. The van der Waals surface area contributed by atoms with Crippen molar-refractivity contribution in [3.63, 3.8) is 0 Å². The van der Waals surface area contributed by atoms with Gasteiger partial charge in [0.2, 0.25) is 5.71 Å². The van der Waals surface area contributed by atoms with E-state index in [0.29, 0.717) is 17.5 Å². The fourth-order valence-electron chi connectivity index (χ4n) is 4.72. The van der Waals surface area contributed by atoms with Crippen molar-refractivity contribution < 1.29 is 4.42 Å². The maximum absolute atomic E-state index is 6.44. The normalized spacial score (nSPS) is 12.4. The summed E-state index contributed by atoms with van der Waals surface area (Å²) in [5.74, 6) is 1.60. The van der Waals surface area contributed by atoms with Crippen molar-refractivity contribution in [2.45, 2.75) is 66.3 Å². The molecule has 0 aliphatic heterocycles. The number of furan rings is 1. The Hall–Kier alpha value is -3.21. The van der Waals surface area contributed by atoms with Crippen LogP contribution in [0.3, 0.4) is 0 Å². The van der Waals surface area contributed by atoms with Crippen LogP contribution in [0.1, 0.15) is 76.4 Å². The van der Waals surface area contributed by atoms with Crippen LogP contribution in [0.15, 0.2) is 40.9 Å². The van der Waals surface area contributed by atoms with Gasteiger partial charge in [-0.15, -0.1) is 0 Å². The first kappa shape index (κ1) is 20.7. The molecule has 0 fully saturated rings. The van der Waals surface area contributed by atoms with Crippen molar-refractivity contribution in [2.75, 3.05) is 0 Å². The summed E-state index contributed by atoms with van der Waals surface area (Å²) in [6.45, 7) is 15.2. The highest BCUT2D eigenvalue weighted by molar-refractivity contribution is 6.10. The van der Waals surface area contributed by atoms with Gasteiger partial charge in [-0.05, 0) is 62.4 Å². The first-order valence-corrected chi connectivity index (χ1v) is 11.5. The first-order valence-electron chi connectivity index (χ1n) is 11.5. The van der Waals surface area contributed by atoms with E-state index in [1.165, 1.54) is 5.56 Å². The summed E-state index contributed by atoms with van der Waals surface area (Å²) >= 11 is 0. The molecule has 1 aromatic carbocycles. The van der Waals surface area contributed by atoms with Gasteiger partial charge >= 0.3 is 0 Å². The topological polar surface area (TPSA) is 56.7 Å². The maximum atomic E-state index is 6.44. The molecule has 0 atom stereocenters. The van der Waals surface area contributed by atoms with E-state index in [4.69, 9.17) is 14.4 Å².